The van der Waals surface area contributed by atoms with Crippen LogP contribution >= 0.6 is 0 Å². The first-order chi connectivity index (χ1) is 17.1. The van der Waals surface area contributed by atoms with Gasteiger partial charge in [-0.15, -0.1) is 0 Å². The summed E-state index contributed by atoms with van der Waals surface area (Å²) in [6.07, 6.45) is 11.7. The highest BCUT2D eigenvalue weighted by Crippen LogP contribution is 2.35. The van der Waals surface area contributed by atoms with Crippen molar-refractivity contribution in [3.63, 3.8) is 0 Å². The number of pyridine rings is 3. The van der Waals surface area contributed by atoms with Crippen LogP contribution in [0.3, 0.4) is 0 Å². The fraction of sp³-hybridized carbons (Fsp3) is 0.308. The number of amides is 1. The highest BCUT2D eigenvalue weighted by atomic mass is 16.1. The molecule has 9 nitrogen and oxygen atoms in total. The van der Waals surface area contributed by atoms with Crippen LogP contribution in [0.2, 0.25) is 0 Å². The number of carbonyl (C=O) groups is 1. The molecule has 2 aliphatic rings. The minimum Gasteiger partial charge on any atom is -0.354 e. The van der Waals surface area contributed by atoms with Crippen molar-refractivity contribution in [2.75, 3.05) is 48.9 Å². The number of likely N-dealkylation sites (N-methyl/N-ethyl adjacent to an activating group) is 1. The molecule has 0 spiro atoms. The van der Waals surface area contributed by atoms with Gasteiger partial charge in [0, 0.05) is 68.6 Å². The second kappa shape index (κ2) is 10.1. The molecule has 0 radical (unpaired) electrons. The summed E-state index contributed by atoms with van der Waals surface area (Å²) in [6.45, 7) is 5.88. The SMILES string of the molecule is CCC(=O)Nc1ccnc(C2c3ccncc3C=CN2Nc2ccc(N3CCN(C)CC3)nc2)c1. The molecule has 3 aromatic rings. The van der Waals surface area contributed by atoms with E-state index in [0.29, 0.717) is 6.42 Å². The van der Waals surface area contributed by atoms with E-state index in [0.717, 1.165) is 60.2 Å². The lowest BCUT2D eigenvalue weighted by Crippen LogP contribution is -2.44. The molecule has 180 valence electrons. The molecule has 5 heterocycles. The van der Waals surface area contributed by atoms with Crippen molar-refractivity contribution >= 4 is 29.2 Å². The molecule has 0 saturated carbocycles. The maximum Gasteiger partial charge on any atom is 0.224 e. The van der Waals surface area contributed by atoms with Gasteiger partial charge < -0.3 is 15.1 Å². The van der Waals surface area contributed by atoms with Crippen molar-refractivity contribution in [2.45, 2.75) is 19.4 Å². The van der Waals surface area contributed by atoms with Gasteiger partial charge in [0.05, 0.1) is 17.6 Å². The molecule has 2 N–H and O–H groups in total. The van der Waals surface area contributed by atoms with E-state index in [-0.39, 0.29) is 11.9 Å². The van der Waals surface area contributed by atoms with Gasteiger partial charge in [-0.1, -0.05) is 6.92 Å². The van der Waals surface area contributed by atoms with Crippen LogP contribution in [0, 0.1) is 0 Å². The van der Waals surface area contributed by atoms with Gasteiger partial charge in [0.15, 0.2) is 0 Å². The van der Waals surface area contributed by atoms with Crippen molar-refractivity contribution in [3.8, 4) is 0 Å². The maximum atomic E-state index is 11.9. The number of fused-ring (bicyclic) bond motifs is 1. The number of rotatable bonds is 6. The van der Waals surface area contributed by atoms with Gasteiger partial charge >= 0.3 is 0 Å². The monoisotopic (exact) mass is 470 g/mol. The number of hydrogen-bond acceptors (Lipinski definition) is 8. The summed E-state index contributed by atoms with van der Waals surface area (Å²) in [7, 11) is 2.15. The number of hydrazine groups is 1. The summed E-state index contributed by atoms with van der Waals surface area (Å²) >= 11 is 0. The molecule has 2 aliphatic heterocycles. The van der Waals surface area contributed by atoms with E-state index in [4.69, 9.17) is 4.98 Å². The van der Waals surface area contributed by atoms with Crippen LogP contribution in [0.5, 0.6) is 0 Å². The minimum absolute atomic E-state index is 0.0308. The first kappa shape index (κ1) is 22.8. The van der Waals surface area contributed by atoms with Crippen LogP contribution in [-0.4, -0.2) is 64.0 Å². The zero-order chi connectivity index (χ0) is 24.2. The Hall–Kier alpha value is -3.98. The summed E-state index contributed by atoms with van der Waals surface area (Å²) < 4.78 is 0. The van der Waals surface area contributed by atoms with Crippen molar-refractivity contribution < 1.29 is 4.79 Å². The van der Waals surface area contributed by atoms with Crippen molar-refractivity contribution in [2.24, 2.45) is 0 Å². The first-order valence-corrected chi connectivity index (χ1v) is 11.9. The minimum atomic E-state index is -0.214. The molecule has 35 heavy (non-hydrogen) atoms. The Morgan fingerprint density at radius 2 is 1.89 bits per heavy atom. The standard InChI is InChI=1S/C26H30N8O/c1-3-25(35)30-20-6-10-28-23(16-20)26-22-7-9-27-17-19(22)8-11-34(26)31-21-4-5-24(29-18-21)33-14-12-32(2)13-15-33/h4-11,16-18,26,31H,3,12-15H2,1-2H3,(H,28,30,35). The number of aromatic nitrogens is 3. The lowest BCUT2D eigenvalue weighted by molar-refractivity contribution is -0.115. The molecule has 1 fully saturated rings. The average molecular weight is 471 g/mol. The molecular formula is C26H30N8O. The fourth-order valence-corrected chi connectivity index (χ4v) is 4.35. The predicted octanol–water partition coefficient (Wildman–Crippen LogP) is 3.37. The van der Waals surface area contributed by atoms with E-state index in [1.165, 1.54) is 0 Å². The van der Waals surface area contributed by atoms with Crippen LogP contribution in [0.25, 0.3) is 6.08 Å². The zero-order valence-corrected chi connectivity index (χ0v) is 20.1. The molecular weight excluding hydrogens is 440 g/mol. The largest absolute Gasteiger partial charge is 0.354 e. The first-order valence-electron chi connectivity index (χ1n) is 11.9. The fourth-order valence-electron chi connectivity index (χ4n) is 4.35. The highest BCUT2D eigenvalue weighted by Gasteiger charge is 2.27. The van der Waals surface area contributed by atoms with Crippen molar-refractivity contribution in [1.82, 2.24) is 24.9 Å². The molecule has 0 aromatic carbocycles. The number of nitrogens with one attached hydrogen (secondary N) is 2. The third-order valence-corrected chi connectivity index (χ3v) is 6.37. The molecule has 1 atom stereocenters. The molecule has 1 unspecified atom stereocenters. The molecule has 1 amide bonds. The van der Waals surface area contributed by atoms with E-state index >= 15 is 0 Å². The molecule has 0 aliphatic carbocycles. The van der Waals surface area contributed by atoms with Crippen LogP contribution in [0.1, 0.15) is 36.2 Å². The Balaban J connectivity index is 1.40. The Kier molecular flexibility index (Phi) is 6.58. The second-order valence-electron chi connectivity index (χ2n) is 8.81. The number of piperazine rings is 1. The smallest absolute Gasteiger partial charge is 0.224 e. The Bertz CT molecular complexity index is 1200. The molecule has 0 bridgehead atoms. The Morgan fingerprint density at radius 3 is 2.66 bits per heavy atom. The van der Waals surface area contributed by atoms with Crippen LogP contribution < -0.4 is 15.6 Å². The Morgan fingerprint density at radius 1 is 1.03 bits per heavy atom. The van der Waals surface area contributed by atoms with Crippen molar-refractivity contribution in [3.05, 3.63) is 78.1 Å². The molecule has 1 saturated heterocycles. The van der Waals surface area contributed by atoms with Crippen LogP contribution in [-0.2, 0) is 4.79 Å². The van der Waals surface area contributed by atoms with Crippen molar-refractivity contribution in [1.29, 1.82) is 0 Å². The summed E-state index contributed by atoms with van der Waals surface area (Å²) in [5, 5.41) is 4.95. The highest BCUT2D eigenvalue weighted by molar-refractivity contribution is 5.90. The summed E-state index contributed by atoms with van der Waals surface area (Å²) in [5.74, 6) is 0.962. The number of hydrogen-bond donors (Lipinski definition) is 2. The summed E-state index contributed by atoms with van der Waals surface area (Å²) in [5.41, 5.74) is 8.01. The molecule has 9 heteroatoms. The second-order valence-corrected chi connectivity index (χ2v) is 8.81. The van der Waals surface area contributed by atoms with E-state index in [9.17, 15) is 4.79 Å². The third-order valence-electron chi connectivity index (χ3n) is 6.37. The number of anilines is 3. The van der Waals surface area contributed by atoms with Gasteiger partial charge in [0.25, 0.3) is 0 Å². The zero-order valence-electron chi connectivity index (χ0n) is 20.1. The molecule has 3 aromatic heterocycles. The quantitative estimate of drug-likeness (QED) is 0.567. The maximum absolute atomic E-state index is 11.9. The number of nitrogens with zero attached hydrogens (tertiary/aromatic N) is 6. The lowest BCUT2D eigenvalue weighted by atomic mass is 9.96. The van der Waals surface area contributed by atoms with Crippen LogP contribution in [0.4, 0.5) is 17.2 Å². The number of carbonyl (C=O) groups excluding carboxylic acids is 1. The van der Waals surface area contributed by atoms with Gasteiger partial charge in [0.2, 0.25) is 5.91 Å². The van der Waals surface area contributed by atoms with Gasteiger partial charge in [0.1, 0.15) is 11.9 Å². The Labute approximate surface area is 205 Å². The predicted molar refractivity (Wildman–Crippen MR) is 138 cm³/mol. The van der Waals surface area contributed by atoms with E-state index < -0.39 is 0 Å². The average Bonchev–Trinajstić information content (AvgIpc) is 2.89. The van der Waals surface area contributed by atoms with E-state index in [2.05, 4.69) is 49.7 Å². The summed E-state index contributed by atoms with van der Waals surface area (Å²) in [4.78, 5) is 30.2. The van der Waals surface area contributed by atoms with Gasteiger partial charge in [-0.2, -0.15) is 0 Å². The normalized spacial score (nSPS) is 17.7. The van der Waals surface area contributed by atoms with Gasteiger partial charge in [-0.25, -0.2) is 4.98 Å². The van der Waals surface area contributed by atoms with E-state index in [1.807, 2.05) is 54.8 Å². The van der Waals surface area contributed by atoms with E-state index in [1.54, 1.807) is 12.4 Å². The van der Waals surface area contributed by atoms with Gasteiger partial charge in [-0.05, 0) is 49.0 Å². The summed E-state index contributed by atoms with van der Waals surface area (Å²) in [6, 6.07) is 9.64. The topological polar surface area (TPSA) is 89.5 Å². The van der Waals surface area contributed by atoms with Crippen LogP contribution in [0.15, 0.2) is 61.3 Å². The van der Waals surface area contributed by atoms with Gasteiger partial charge in [-0.3, -0.25) is 25.2 Å². The molecule has 5 rings (SSSR count). The lowest BCUT2D eigenvalue weighted by Gasteiger charge is -2.35. The third kappa shape index (κ3) is 5.09.